The highest BCUT2D eigenvalue weighted by atomic mass is 32.1. The minimum absolute atomic E-state index is 0.0155. The summed E-state index contributed by atoms with van der Waals surface area (Å²) in [6, 6.07) is 17.1. The average Bonchev–Trinajstić information content (AvgIpc) is 2.62. The first-order valence-electron chi connectivity index (χ1n) is 6.90. The van der Waals surface area contributed by atoms with Crippen LogP contribution in [-0.2, 0) is 0 Å². The molecule has 0 unspecified atom stereocenters. The lowest BCUT2D eigenvalue weighted by atomic mass is 9.99. The highest BCUT2D eigenvalue weighted by Crippen LogP contribution is 2.26. The summed E-state index contributed by atoms with van der Waals surface area (Å²) in [6.45, 7) is 0. The Morgan fingerprint density at radius 3 is 1.82 bits per heavy atom. The third-order valence-electron chi connectivity index (χ3n) is 3.32. The van der Waals surface area contributed by atoms with Crippen LogP contribution in [0.4, 0.5) is 0 Å². The summed E-state index contributed by atoms with van der Waals surface area (Å²) in [7, 11) is 0. The zero-order chi connectivity index (χ0) is 15.4. The van der Waals surface area contributed by atoms with Gasteiger partial charge in [0.05, 0.1) is 17.1 Å². The molecule has 0 aliphatic carbocycles. The molecule has 0 saturated heterocycles. The summed E-state index contributed by atoms with van der Waals surface area (Å²) in [5.41, 5.74) is 4.07. The fourth-order valence-electron chi connectivity index (χ4n) is 2.24. The zero-order valence-corrected chi connectivity index (χ0v) is 12.7. The summed E-state index contributed by atoms with van der Waals surface area (Å²) in [5, 5.41) is 0. The molecule has 0 radical (unpaired) electrons. The number of hydrogen-bond acceptors (Lipinski definition) is 4. The quantitative estimate of drug-likeness (QED) is 0.587. The number of ketones is 1. The van der Waals surface area contributed by atoms with Crippen molar-refractivity contribution in [1.29, 1.82) is 0 Å². The van der Waals surface area contributed by atoms with Crippen LogP contribution >= 0.6 is 12.6 Å². The van der Waals surface area contributed by atoms with Crippen LogP contribution in [0.5, 0.6) is 0 Å². The van der Waals surface area contributed by atoms with Crippen LogP contribution < -0.4 is 0 Å². The molecule has 0 bridgehead atoms. The largest absolute Gasteiger partial charge is 0.293 e. The number of aromatic nitrogens is 2. The lowest BCUT2D eigenvalue weighted by molar-refractivity contribution is 0.102. The second-order valence-corrected chi connectivity index (χ2v) is 5.13. The molecule has 2 heterocycles. The van der Waals surface area contributed by atoms with Crippen molar-refractivity contribution >= 4 is 18.4 Å². The first kappa shape index (κ1) is 14.5. The van der Waals surface area contributed by atoms with Crippen molar-refractivity contribution in [1.82, 2.24) is 9.97 Å². The van der Waals surface area contributed by atoms with E-state index in [2.05, 4.69) is 22.6 Å². The molecule has 22 heavy (non-hydrogen) atoms. The number of benzene rings is 1. The van der Waals surface area contributed by atoms with Gasteiger partial charge in [-0.05, 0) is 42.5 Å². The first-order valence-corrected chi connectivity index (χ1v) is 7.53. The van der Waals surface area contributed by atoms with Crippen molar-refractivity contribution in [3.05, 3.63) is 72.6 Å². The maximum Gasteiger partial charge on any atom is 0.172 e. The fourth-order valence-corrected chi connectivity index (χ4v) is 2.43. The molecule has 1 aromatic carbocycles. The first-order chi connectivity index (χ1) is 10.8. The van der Waals surface area contributed by atoms with Crippen molar-refractivity contribution in [2.75, 3.05) is 5.75 Å². The van der Waals surface area contributed by atoms with Crippen LogP contribution in [-0.4, -0.2) is 21.5 Å². The van der Waals surface area contributed by atoms with Crippen LogP contribution in [0.2, 0.25) is 0 Å². The van der Waals surface area contributed by atoms with E-state index >= 15 is 0 Å². The van der Waals surface area contributed by atoms with E-state index in [1.165, 1.54) is 0 Å². The second kappa shape index (κ2) is 6.54. The van der Waals surface area contributed by atoms with Gasteiger partial charge in [-0.15, -0.1) is 0 Å². The van der Waals surface area contributed by atoms with Crippen molar-refractivity contribution in [3.8, 4) is 22.5 Å². The van der Waals surface area contributed by atoms with E-state index in [0.29, 0.717) is 5.56 Å². The number of pyridine rings is 2. The summed E-state index contributed by atoms with van der Waals surface area (Å²) in [5.74, 6) is 0.158. The summed E-state index contributed by atoms with van der Waals surface area (Å²) in [4.78, 5) is 20.8. The zero-order valence-electron chi connectivity index (χ0n) is 11.8. The Hall–Kier alpha value is -2.46. The third-order valence-corrected chi connectivity index (χ3v) is 3.61. The van der Waals surface area contributed by atoms with Gasteiger partial charge in [-0.1, -0.05) is 12.1 Å². The lowest BCUT2D eigenvalue weighted by Gasteiger charge is -2.08. The van der Waals surface area contributed by atoms with E-state index in [1.54, 1.807) is 12.4 Å². The van der Waals surface area contributed by atoms with Crippen molar-refractivity contribution in [2.45, 2.75) is 0 Å². The van der Waals surface area contributed by atoms with Gasteiger partial charge in [0.15, 0.2) is 5.78 Å². The van der Waals surface area contributed by atoms with Crippen LogP contribution in [0, 0.1) is 0 Å². The number of carbonyl (C=O) groups is 1. The van der Waals surface area contributed by atoms with E-state index in [9.17, 15) is 4.79 Å². The Balaban J connectivity index is 2.17. The predicted molar refractivity (Wildman–Crippen MR) is 91.1 cm³/mol. The van der Waals surface area contributed by atoms with E-state index in [0.717, 1.165) is 22.5 Å². The minimum Gasteiger partial charge on any atom is -0.293 e. The van der Waals surface area contributed by atoms with Gasteiger partial charge < -0.3 is 0 Å². The van der Waals surface area contributed by atoms with Crippen molar-refractivity contribution in [3.63, 3.8) is 0 Å². The van der Waals surface area contributed by atoms with Crippen molar-refractivity contribution in [2.24, 2.45) is 0 Å². The Labute approximate surface area is 134 Å². The topological polar surface area (TPSA) is 42.9 Å². The smallest absolute Gasteiger partial charge is 0.172 e. The molecule has 0 aliphatic heterocycles. The van der Waals surface area contributed by atoms with Crippen LogP contribution in [0.25, 0.3) is 22.5 Å². The van der Waals surface area contributed by atoms with Gasteiger partial charge >= 0.3 is 0 Å². The second-order valence-electron chi connectivity index (χ2n) is 4.81. The molecule has 0 N–H and O–H groups in total. The summed E-state index contributed by atoms with van der Waals surface area (Å²) < 4.78 is 0. The third kappa shape index (κ3) is 3.07. The predicted octanol–water partition coefficient (Wildman–Crippen LogP) is 3.92. The van der Waals surface area contributed by atoms with Gasteiger partial charge in [0, 0.05) is 29.1 Å². The lowest BCUT2D eigenvalue weighted by Crippen LogP contribution is -2.01. The normalized spacial score (nSPS) is 10.4. The monoisotopic (exact) mass is 306 g/mol. The standard InChI is InChI=1S/C18H14N2OS/c21-18(12-22)15-10-13(16-5-1-3-7-19-16)9-14(11-15)17-6-2-4-8-20-17/h1-11,22H,12H2. The molecule has 0 saturated carbocycles. The maximum atomic E-state index is 12.1. The van der Waals surface area contributed by atoms with Crippen LogP contribution in [0.3, 0.4) is 0 Å². The Morgan fingerprint density at radius 1 is 0.864 bits per heavy atom. The number of nitrogens with zero attached hydrogens (tertiary/aromatic N) is 2. The van der Waals surface area contributed by atoms with Crippen LogP contribution in [0.1, 0.15) is 10.4 Å². The number of rotatable bonds is 4. The van der Waals surface area contributed by atoms with Crippen LogP contribution in [0.15, 0.2) is 67.0 Å². The van der Waals surface area contributed by atoms with E-state index < -0.39 is 0 Å². The molecule has 0 fully saturated rings. The number of Topliss-reactive ketones (excluding diaryl/α,β-unsaturated/α-hetero) is 1. The number of hydrogen-bond donors (Lipinski definition) is 1. The van der Waals surface area contributed by atoms with E-state index in [-0.39, 0.29) is 11.5 Å². The number of carbonyl (C=O) groups excluding carboxylic acids is 1. The molecule has 4 heteroatoms. The SMILES string of the molecule is O=C(CS)c1cc(-c2ccccn2)cc(-c2ccccn2)c1. The molecule has 3 nitrogen and oxygen atoms in total. The molecule has 0 spiro atoms. The van der Waals surface area contributed by atoms with E-state index in [4.69, 9.17) is 0 Å². The Bertz CT molecular complexity index is 731. The molecule has 2 aromatic heterocycles. The number of thiol groups is 1. The van der Waals surface area contributed by atoms with Crippen molar-refractivity contribution < 1.29 is 4.79 Å². The molecule has 3 rings (SSSR count). The average molecular weight is 306 g/mol. The molecular weight excluding hydrogens is 292 g/mol. The summed E-state index contributed by atoms with van der Waals surface area (Å²) >= 11 is 4.09. The van der Waals surface area contributed by atoms with Gasteiger partial charge in [0.25, 0.3) is 0 Å². The molecule has 108 valence electrons. The highest BCUT2D eigenvalue weighted by molar-refractivity contribution is 7.81. The molecule has 0 atom stereocenters. The minimum atomic E-state index is -0.0155. The summed E-state index contributed by atoms with van der Waals surface area (Å²) in [6.07, 6.45) is 3.48. The van der Waals surface area contributed by atoms with Gasteiger partial charge in [-0.25, -0.2) is 0 Å². The highest BCUT2D eigenvalue weighted by Gasteiger charge is 2.11. The van der Waals surface area contributed by atoms with Gasteiger partial charge in [0.2, 0.25) is 0 Å². The molecular formula is C18H14N2OS. The van der Waals surface area contributed by atoms with Gasteiger partial charge in [0.1, 0.15) is 0 Å². The van der Waals surface area contributed by atoms with E-state index in [1.807, 2.05) is 54.6 Å². The van der Waals surface area contributed by atoms with Gasteiger partial charge in [-0.2, -0.15) is 12.6 Å². The molecule has 3 aromatic rings. The molecule has 0 aliphatic rings. The Kier molecular flexibility index (Phi) is 4.30. The maximum absolute atomic E-state index is 12.1. The molecule has 0 amide bonds. The fraction of sp³-hybridized carbons (Fsp3) is 0.0556. The van der Waals surface area contributed by atoms with Gasteiger partial charge in [-0.3, -0.25) is 14.8 Å². The Morgan fingerprint density at radius 2 is 1.41 bits per heavy atom.